The van der Waals surface area contributed by atoms with E-state index in [9.17, 15) is 4.79 Å². The first-order valence-electron chi connectivity index (χ1n) is 5.52. The quantitative estimate of drug-likeness (QED) is 0.667. The highest BCUT2D eigenvalue weighted by Crippen LogP contribution is 2.48. The van der Waals surface area contributed by atoms with Gasteiger partial charge in [-0.3, -0.25) is 4.79 Å². The summed E-state index contributed by atoms with van der Waals surface area (Å²) in [6.45, 7) is 0. The molecule has 74 valence electrons. The fraction of sp³-hybridized carbons (Fsp3) is 0.909. The summed E-state index contributed by atoms with van der Waals surface area (Å²) in [7, 11) is 0. The van der Waals surface area contributed by atoms with Gasteiger partial charge in [0.05, 0.1) is 5.92 Å². The van der Waals surface area contributed by atoms with E-state index in [-0.39, 0.29) is 5.92 Å². The monoisotopic (exact) mass is 182 g/mol. The third kappa shape index (κ3) is 2.04. The average Bonchev–Trinajstić information content (AvgIpc) is 2.89. The van der Waals surface area contributed by atoms with Crippen LogP contribution in [0.1, 0.15) is 44.9 Å². The van der Waals surface area contributed by atoms with Gasteiger partial charge in [-0.05, 0) is 18.3 Å². The van der Waals surface area contributed by atoms with Gasteiger partial charge in [-0.2, -0.15) is 0 Å². The number of hydrogen-bond acceptors (Lipinski definition) is 1. The van der Waals surface area contributed by atoms with E-state index in [2.05, 4.69) is 0 Å². The maximum atomic E-state index is 10.7. The van der Waals surface area contributed by atoms with E-state index >= 15 is 0 Å². The van der Waals surface area contributed by atoms with Crippen molar-refractivity contribution < 1.29 is 9.90 Å². The smallest absolute Gasteiger partial charge is 0.306 e. The van der Waals surface area contributed by atoms with Crippen molar-refractivity contribution in [3.63, 3.8) is 0 Å². The zero-order chi connectivity index (χ0) is 9.26. The molecular weight excluding hydrogens is 164 g/mol. The lowest BCUT2D eigenvalue weighted by Gasteiger charge is -2.12. The Labute approximate surface area is 79.3 Å². The molecule has 13 heavy (non-hydrogen) atoms. The van der Waals surface area contributed by atoms with Gasteiger partial charge in [0, 0.05) is 0 Å². The van der Waals surface area contributed by atoms with Crippen molar-refractivity contribution in [2.45, 2.75) is 44.9 Å². The van der Waals surface area contributed by atoms with Gasteiger partial charge in [0.2, 0.25) is 0 Å². The Bertz CT molecular complexity index is 192. The molecule has 0 aliphatic heterocycles. The van der Waals surface area contributed by atoms with Crippen LogP contribution < -0.4 is 0 Å². The van der Waals surface area contributed by atoms with Gasteiger partial charge in [0.1, 0.15) is 0 Å². The van der Waals surface area contributed by atoms with E-state index in [1.54, 1.807) is 0 Å². The second kappa shape index (κ2) is 3.69. The Balaban J connectivity index is 1.84. The first-order valence-corrected chi connectivity index (χ1v) is 5.52. The predicted octanol–water partition coefficient (Wildman–Crippen LogP) is 2.68. The standard InChI is InChI=1S/C11H18O2/c12-11(13)10-7-9(10)8-5-3-1-2-4-6-8/h8-10H,1-7H2,(H,12,13)/t9-,10+/m1/s1. The van der Waals surface area contributed by atoms with Crippen LogP contribution in [-0.2, 0) is 4.79 Å². The highest BCUT2D eigenvalue weighted by atomic mass is 16.4. The fourth-order valence-electron chi connectivity index (χ4n) is 2.76. The molecule has 0 saturated heterocycles. The number of carbonyl (C=O) groups is 1. The van der Waals surface area contributed by atoms with E-state index in [0.717, 1.165) is 12.3 Å². The minimum atomic E-state index is -0.561. The van der Waals surface area contributed by atoms with Gasteiger partial charge in [-0.1, -0.05) is 38.5 Å². The summed E-state index contributed by atoms with van der Waals surface area (Å²) in [5, 5.41) is 8.82. The topological polar surface area (TPSA) is 37.3 Å². The summed E-state index contributed by atoms with van der Waals surface area (Å²) >= 11 is 0. The molecule has 2 saturated carbocycles. The summed E-state index contributed by atoms with van der Waals surface area (Å²) in [6, 6.07) is 0. The summed E-state index contributed by atoms with van der Waals surface area (Å²) in [6.07, 6.45) is 8.91. The van der Waals surface area contributed by atoms with Crippen molar-refractivity contribution >= 4 is 5.97 Å². The summed E-state index contributed by atoms with van der Waals surface area (Å²) in [5.74, 6) is 0.733. The Morgan fingerprint density at radius 3 is 2.15 bits per heavy atom. The zero-order valence-corrected chi connectivity index (χ0v) is 8.04. The fourth-order valence-corrected chi connectivity index (χ4v) is 2.76. The second-order valence-corrected chi connectivity index (χ2v) is 4.60. The number of rotatable bonds is 2. The van der Waals surface area contributed by atoms with Crippen LogP contribution in [0.2, 0.25) is 0 Å². The Morgan fingerprint density at radius 1 is 1.08 bits per heavy atom. The molecule has 2 nitrogen and oxygen atoms in total. The molecule has 0 aromatic rings. The lowest BCUT2D eigenvalue weighted by atomic mass is 9.94. The normalized spacial score (nSPS) is 35.4. The van der Waals surface area contributed by atoms with E-state index in [4.69, 9.17) is 5.11 Å². The second-order valence-electron chi connectivity index (χ2n) is 4.60. The predicted molar refractivity (Wildman–Crippen MR) is 50.4 cm³/mol. The van der Waals surface area contributed by atoms with Crippen LogP contribution in [0.15, 0.2) is 0 Å². The van der Waals surface area contributed by atoms with Gasteiger partial charge < -0.3 is 5.11 Å². The van der Waals surface area contributed by atoms with Crippen molar-refractivity contribution in [2.24, 2.45) is 17.8 Å². The molecule has 0 spiro atoms. The molecule has 0 amide bonds. The minimum Gasteiger partial charge on any atom is -0.481 e. The molecule has 2 aliphatic carbocycles. The number of carboxylic acids is 1. The van der Waals surface area contributed by atoms with Gasteiger partial charge in [-0.15, -0.1) is 0 Å². The lowest BCUT2D eigenvalue weighted by molar-refractivity contribution is -0.139. The van der Waals surface area contributed by atoms with E-state index in [1.165, 1.54) is 38.5 Å². The van der Waals surface area contributed by atoms with Gasteiger partial charge in [-0.25, -0.2) is 0 Å². The third-order valence-corrected chi connectivity index (χ3v) is 3.66. The van der Waals surface area contributed by atoms with Crippen LogP contribution in [0, 0.1) is 17.8 Å². The molecule has 2 rings (SSSR count). The Morgan fingerprint density at radius 2 is 1.69 bits per heavy atom. The minimum absolute atomic E-state index is 0.0168. The molecule has 2 heteroatoms. The molecule has 0 heterocycles. The van der Waals surface area contributed by atoms with Gasteiger partial charge in [0.15, 0.2) is 0 Å². The summed E-state index contributed by atoms with van der Waals surface area (Å²) in [4.78, 5) is 10.7. The zero-order valence-electron chi connectivity index (χ0n) is 8.04. The van der Waals surface area contributed by atoms with Crippen molar-refractivity contribution in [3.05, 3.63) is 0 Å². The van der Waals surface area contributed by atoms with Crippen LogP contribution in [0.25, 0.3) is 0 Å². The van der Waals surface area contributed by atoms with Crippen LogP contribution in [0.5, 0.6) is 0 Å². The number of carboxylic acid groups (broad SMARTS) is 1. The molecule has 2 fully saturated rings. The van der Waals surface area contributed by atoms with Crippen LogP contribution >= 0.6 is 0 Å². The largest absolute Gasteiger partial charge is 0.481 e. The molecule has 0 aromatic carbocycles. The molecule has 2 atom stereocenters. The van der Waals surface area contributed by atoms with E-state index in [1.807, 2.05) is 0 Å². The average molecular weight is 182 g/mol. The Hall–Kier alpha value is -0.530. The van der Waals surface area contributed by atoms with Gasteiger partial charge in [0.25, 0.3) is 0 Å². The first kappa shape index (κ1) is 9.04. The molecule has 0 unspecified atom stereocenters. The highest BCUT2D eigenvalue weighted by molar-refractivity contribution is 5.73. The molecule has 0 bridgehead atoms. The molecule has 1 N–H and O–H groups in total. The number of hydrogen-bond donors (Lipinski definition) is 1. The van der Waals surface area contributed by atoms with Crippen molar-refractivity contribution in [3.8, 4) is 0 Å². The van der Waals surface area contributed by atoms with E-state index < -0.39 is 5.97 Å². The van der Waals surface area contributed by atoms with E-state index in [0.29, 0.717) is 5.92 Å². The Kier molecular flexibility index (Phi) is 2.56. The summed E-state index contributed by atoms with van der Waals surface area (Å²) < 4.78 is 0. The third-order valence-electron chi connectivity index (χ3n) is 3.66. The summed E-state index contributed by atoms with van der Waals surface area (Å²) in [5.41, 5.74) is 0. The molecular formula is C11H18O2. The molecule has 0 radical (unpaired) electrons. The molecule has 2 aliphatic rings. The lowest BCUT2D eigenvalue weighted by Crippen LogP contribution is -2.07. The van der Waals surface area contributed by atoms with Crippen LogP contribution in [0.4, 0.5) is 0 Å². The van der Waals surface area contributed by atoms with Crippen LogP contribution in [-0.4, -0.2) is 11.1 Å². The maximum Gasteiger partial charge on any atom is 0.306 e. The van der Waals surface area contributed by atoms with Crippen molar-refractivity contribution in [1.82, 2.24) is 0 Å². The van der Waals surface area contributed by atoms with Crippen molar-refractivity contribution in [2.75, 3.05) is 0 Å². The van der Waals surface area contributed by atoms with Crippen molar-refractivity contribution in [1.29, 1.82) is 0 Å². The first-order chi connectivity index (χ1) is 6.29. The highest BCUT2D eigenvalue weighted by Gasteiger charge is 2.47. The van der Waals surface area contributed by atoms with Crippen LogP contribution in [0.3, 0.4) is 0 Å². The number of aliphatic carboxylic acids is 1. The SMILES string of the molecule is O=C(O)[C@H]1C[C@@H]1C1CCCCCC1. The van der Waals surface area contributed by atoms with Gasteiger partial charge >= 0.3 is 5.97 Å². The maximum absolute atomic E-state index is 10.7. The molecule has 0 aromatic heterocycles.